The molecule has 21 heavy (non-hydrogen) atoms. The second-order valence-corrected chi connectivity index (χ2v) is 5.36. The van der Waals surface area contributed by atoms with Crippen molar-refractivity contribution in [2.24, 2.45) is 5.92 Å². The molecule has 116 valence electrons. The van der Waals surface area contributed by atoms with Crippen molar-refractivity contribution in [3.63, 3.8) is 0 Å². The number of ether oxygens (including phenoxy) is 2. The number of anilines is 1. The average molecular weight is 292 g/mol. The van der Waals surface area contributed by atoms with Crippen molar-refractivity contribution in [2.75, 3.05) is 25.6 Å². The van der Waals surface area contributed by atoms with Crippen molar-refractivity contribution in [1.82, 2.24) is 5.32 Å². The average Bonchev–Trinajstić information content (AvgIpc) is 2.49. The van der Waals surface area contributed by atoms with Gasteiger partial charge in [-0.2, -0.15) is 0 Å². The van der Waals surface area contributed by atoms with Gasteiger partial charge in [-0.15, -0.1) is 0 Å². The zero-order valence-corrected chi connectivity index (χ0v) is 12.9. The normalized spacial score (nSPS) is 21.7. The minimum absolute atomic E-state index is 0.0683. The zero-order valence-electron chi connectivity index (χ0n) is 12.9. The van der Waals surface area contributed by atoms with Crippen molar-refractivity contribution < 1.29 is 14.3 Å². The van der Waals surface area contributed by atoms with E-state index < -0.39 is 0 Å². The van der Waals surface area contributed by atoms with Crippen LogP contribution in [-0.2, 0) is 4.79 Å². The van der Waals surface area contributed by atoms with Crippen molar-refractivity contribution in [3.8, 4) is 11.5 Å². The number of hydrogen-bond acceptors (Lipinski definition) is 4. The number of benzene rings is 1. The number of hydrogen-bond donors (Lipinski definition) is 2. The van der Waals surface area contributed by atoms with Gasteiger partial charge in [-0.05, 0) is 45.4 Å². The molecule has 1 saturated heterocycles. The van der Waals surface area contributed by atoms with Crippen LogP contribution in [0.3, 0.4) is 0 Å². The van der Waals surface area contributed by atoms with Gasteiger partial charge in [-0.1, -0.05) is 0 Å². The Balaban J connectivity index is 2.03. The quantitative estimate of drug-likeness (QED) is 0.875. The maximum Gasteiger partial charge on any atom is 0.227 e. The summed E-state index contributed by atoms with van der Waals surface area (Å²) in [4.78, 5) is 12.3. The van der Waals surface area contributed by atoms with Gasteiger partial charge >= 0.3 is 0 Å². The Morgan fingerprint density at radius 3 is 2.90 bits per heavy atom. The van der Waals surface area contributed by atoms with Crippen LogP contribution in [0.4, 0.5) is 5.69 Å². The number of rotatable bonds is 5. The second kappa shape index (κ2) is 7.31. The third-order valence-corrected chi connectivity index (χ3v) is 3.73. The van der Waals surface area contributed by atoms with Gasteiger partial charge in [0, 0.05) is 23.7 Å². The number of amides is 1. The molecular formula is C16H24N2O3. The molecule has 0 bridgehead atoms. The van der Waals surface area contributed by atoms with Crippen LogP contribution >= 0.6 is 0 Å². The maximum absolute atomic E-state index is 12.3. The molecule has 0 aliphatic carbocycles. The number of piperidine rings is 1. The molecule has 1 fully saturated rings. The van der Waals surface area contributed by atoms with E-state index in [9.17, 15) is 4.79 Å². The Kier molecular flexibility index (Phi) is 5.44. The summed E-state index contributed by atoms with van der Waals surface area (Å²) < 4.78 is 10.8. The molecule has 2 atom stereocenters. The lowest BCUT2D eigenvalue weighted by Crippen LogP contribution is -2.40. The van der Waals surface area contributed by atoms with Gasteiger partial charge in [0.25, 0.3) is 0 Å². The van der Waals surface area contributed by atoms with E-state index in [1.54, 1.807) is 13.2 Å². The molecule has 0 aromatic heterocycles. The third kappa shape index (κ3) is 4.11. The smallest absolute Gasteiger partial charge is 0.227 e. The van der Waals surface area contributed by atoms with Crippen LogP contribution in [0.1, 0.15) is 26.7 Å². The Morgan fingerprint density at radius 1 is 1.43 bits per heavy atom. The second-order valence-electron chi connectivity index (χ2n) is 5.36. The number of carbonyl (C=O) groups excluding carboxylic acids is 1. The zero-order chi connectivity index (χ0) is 15.2. The van der Waals surface area contributed by atoms with Gasteiger partial charge in [0.05, 0.1) is 13.7 Å². The predicted octanol–water partition coefficient (Wildman–Crippen LogP) is 2.42. The molecule has 1 aliphatic rings. The third-order valence-electron chi connectivity index (χ3n) is 3.73. The van der Waals surface area contributed by atoms with Crippen LogP contribution in [0.2, 0.25) is 0 Å². The highest BCUT2D eigenvalue weighted by Gasteiger charge is 2.24. The lowest BCUT2D eigenvalue weighted by atomic mass is 9.92. The fourth-order valence-electron chi connectivity index (χ4n) is 2.63. The first-order valence-corrected chi connectivity index (χ1v) is 7.49. The summed E-state index contributed by atoms with van der Waals surface area (Å²) in [5.74, 6) is 1.47. The van der Waals surface area contributed by atoms with Gasteiger partial charge in [0.15, 0.2) is 11.5 Å². The van der Waals surface area contributed by atoms with Gasteiger partial charge in [0.2, 0.25) is 5.91 Å². The molecule has 0 radical (unpaired) electrons. The summed E-state index contributed by atoms with van der Waals surface area (Å²) in [6.45, 7) is 5.51. The fraction of sp³-hybridized carbons (Fsp3) is 0.562. The van der Waals surface area contributed by atoms with Crippen molar-refractivity contribution >= 4 is 11.6 Å². The first-order valence-electron chi connectivity index (χ1n) is 7.49. The highest BCUT2D eigenvalue weighted by Crippen LogP contribution is 2.30. The molecular weight excluding hydrogens is 268 g/mol. The Hall–Kier alpha value is -1.75. The largest absolute Gasteiger partial charge is 0.493 e. The first kappa shape index (κ1) is 15.6. The summed E-state index contributed by atoms with van der Waals surface area (Å²) in [5, 5.41) is 6.33. The summed E-state index contributed by atoms with van der Waals surface area (Å²) in [5.41, 5.74) is 0.742. The molecule has 1 aliphatic heterocycles. The Bertz CT molecular complexity index is 490. The molecule has 2 N–H and O–H groups in total. The molecule has 0 unspecified atom stereocenters. The lowest BCUT2D eigenvalue weighted by Gasteiger charge is -2.27. The highest BCUT2D eigenvalue weighted by atomic mass is 16.5. The van der Waals surface area contributed by atoms with Crippen LogP contribution in [-0.4, -0.2) is 32.2 Å². The van der Waals surface area contributed by atoms with Crippen LogP contribution in [0.15, 0.2) is 18.2 Å². The van der Waals surface area contributed by atoms with E-state index in [1.807, 2.05) is 19.1 Å². The Morgan fingerprint density at radius 2 is 2.24 bits per heavy atom. The van der Waals surface area contributed by atoms with E-state index in [0.29, 0.717) is 24.1 Å². The van der Waals surface area contributed by atoms with Crippen LogP contribution < -0.4 is 20.1 Å². The summed E-state index contributed by atoms with van der Waals surface area (Å²) in [6.07, 6.45) is 1.75. The molecule has 1 aromatic carbocycles. The van der Waals surface area contributed by atoms with E-state index in [1.165, 1.54) is 0 Å². The van der Waals surface area contributed by atoms with E-state index in [2.05, 4.69) is 17.6 Å². The lowest BCUT2D eigenvalue weighted by molar-refractivity contribution is -0.120. The van der Waals surface area contributed by atoms with E-state index in [-0.39, 0.29) is 11.8 Å². The van der Waals surface area contributed by atoms with E-state index >= 15 is 0 Å². The van der Waals surface area contributed by atoms with E-state index in [4.69, 9.17) is 9.47 Å². The van der Waals surface area contributed by atoms with Crippen molar-refractivity contribution in [2.45, 2.75) is 32.7 Å². The molecule has 1 amide bonds. The summed E-state index contributed by atoms with van der Waals surface area (Å²) >= 11 is 0. The van der Waals surface area contributed by atoms with Gasteiger partial charge in [-0.25, -0.2) is 0 Å². The summed E-state index contributed by atoms with van der Waals surface area (Å²) in [7, 11) is 1.60. The standard InChI is InChI=1S/C16H24N2O3/c1-4-21-14-6-5-13(10-15(14)20-3)18-16(19)12-7-8-17-11(2)9-12/h5-6,10-12,17H,4,7-9H2,1-3H3,(H,18,19)/t11-,12-/m0/s1. The van der Waals surface area contributed by atoms with Crippen LogP contribution in [0.25, 0.3) is 0 Å². The van der Waals surface area contributed by atoms with Gasteiger partial charge in [0.1, 0.15) is 0 Å². The van der Waals surface area contributed by atoms with E-state index in [0.717, 1.165) is 25.1 Å². The molecule has 0 spiro atoms. The Labute approximate surface area is 126 Å². The topological polar surface area (TPSA) is 59.6 Å². The maximum atomic E-state index is 12.3. The number of carbonyl (C=O) groups is 1. The van der Waals surface area contributed by atoms with Crippen LogP contribution in [0, 0.1) is 5.92 Å². The highest BCUT2D eigenvalue weighted by molar-refractivity contribution is 5.93. The minimum atomic E-state index is 0.0683. The predicted molar refractivity (Wildman–Crippen MR) is 83.0 cm³/mol. The van der Waals surface area contributed by atoms with Gasteiger partial charge < -0.3 is 20.1 Å². The number of nitrogens with one attached hydrogen (secondary N) is 2. The molecule has 5 nitrogen and oxygen atoms in total. The van der Waals surface area contributed by atoms with Crippen molar-refractivity contribution in [3.05, 3.63) is 18.2 Å². The van der Waals surface area contributed by atoms with Crippen LogP contribution in [0.5, 0.6) is 11.5 Å². The monoisotopic (exact) mass is 292 g/mol. The fourth-order valence-corrected chi connectivity index (χ4v) is 2.63. The minimum Gasteiger partial charge on any atom is -0.493 e. The molecule has 2 rings (SSSR count). The van der Waals surface area contributed by atoms with Gasteiger partial charge in [-0.3, -0.25) is 4.79 Å². The molecule has 1 aromatic rings. The molecule has 0 saturated carbocycles. The SMILES string of the molecule is CCOc1ccc(NC(=O)[C@H]2CCN[C@@H](C)C2)cc1OC. The first-order chi connectivity index (χ1) is 10.1. The summed E-state index contributed by atoms with van der Waals surface area (Å²) in [6, 6.07) is 5.86. The number of methoxy groups -OCH3 is 1. The molecule has 5 heteroatoms. The van der Waals surface area contributed by atoms with Crippen molar-refractivity contribution in [1.29, 1.82) is 0 Å². The molecule has 1 heterocycles.